The lowest BCUT2D eigenvalue weighted by Gasteiger charge is -2.09. The number of aliphatic carboxylic acids is 1. The van der Waals surface area contributed by atoms with Crippen molar-refractivity contribution < 1.29 is 23.5 Å². The summed E-state index contributed by atoms with van der Waals surface area (Å²) in [5.41, 5.74) is 0.595. The first kappa shape index (κ1) is 15.1. The highest BCUT2D eigenvalue weighted by atomic mass is 19.2. The summed E-state index contributed by atoms with van der Waals surface area (Å²) in [5.74, 6) is -3.30. The minimum absolute atomic E-state index is 0.136. The van der Waals surface area contributed by atoms with Crippen molar-refractivity contribution in [3.8, 4) is 0 Å². The number of carbonyl (C=O) groups excluding carboxylic acids is 1. The molecule has 2 N–H and O–H groups in total. The van der Waals surface area contributed by atoms with Gasteiger partial charge in [0.2, 0.25) is 5.91 Å². The Morgan fingerprint density at radius 1 is 1.32 bits per heavy atom. The average Bonchev–Trinajstić information content (AvgIpc) is 2.33. The number of carboxylic acids is 1. The molecule has 1 unspecified atom stereocenters. The van der Waals surface area contributed by atoms with Crippen LogP contribution in [0.1, 0.15) is 25.3 Å². The fourth-order valence-electron chi connectivity index (χ4n) is 1.52. The fourth-order valence-corrected chi connectivity index (χ4v) is 1.52. The summed E-state index contributed by atoms with van der Waals surface area (Å²) < 4.78 is 25.6. The van der Waals surface area contributed by atoms with Crippen LogP contribution in [0, 0.1) is 11.6 Å². The van der Waals surface area contributed by atoms with Crippen LogP contribution >= 0.6 is 0 Å². The van der Waals surface area contributed by atoms with E-state index in [9.17, 15) is 18.4 Å². The van der Waals surface area contributed by atoms with Gasteiger partial charge in [0, 0.05) is 6.42 Å². The maximum atomic E-state index is 12.9. The van der Waals surface area contributed by atoms with Gasteiger partial charge in [0.1, 0.15) is 6.04 Å². The Hall–Kier alpha value is -1.98. The first-order valence-corrected chi connectivity index (χ1v) is 5.86. The first-order valence-electron chi connectivity index (χ1n) is 5.86. The van der Waals surface area contributed by atoms with Crippen molar-refractivity contribution in [1.29, 1.82) is 0 Å². The SMILES string of the molecule is CC(NC(=O)CCCc1ccc(F)c(F)c1)C(=O)O. The van der Waals surface area contributed by atoms with Crippen LogP contribution in [0.25, 0.3) is 0 Å². The minimum atomic E-state index is -1.10. The van der Waals surface area contributed by atoms with Gasteiger partial charge in [-0.3, -0.25) is 9.59 Å². The van der Waals surface area contributed by atoms with Crippen LogP contribution < -0.4 is 5.32 Å². The molecule has 1 aromatic rings. The maximum absolute atomic E-state index is 12.9. The van der Waals surface area contributed by atoms with Gasteiger partial charge in [0.25, 0.3) is 0 Å². The molecule has 0 heterocycles. The van der Waals surface area contributed by atoms with Crippen LogP contribution in [0.3, 0.4) is 0 Å². The summed E-state index contributed by atoms with van der Waals surface area (Å²) in [5, 5.41) is 10.9. The van der Waals surface area contributed by atoms with Gasteiger partial charge in [0.15, 0.2) is 11.6 Å². The standard InChI is InChI=1S/C13H15F2NO3/c1-8(13(18)19)16-12(17)4-2-3-9-5-6-10(14)11(15)7-9/h5-8H,2-4H2,1H3,(H,16,17)(H,18,19). The third-order valence-electron chi connectivity index (χ3n) is 2.60. The molecule has 4 nitrogen and oxygen atoms in total. The quantitative estimate of drug-likeness (QED) is 0.830. The number of benzene rings is 1. The normalized spacial score (nSPS) is 11.9. The zero-order valence-electron chi connectivity index (χ0n) is 10.5. The van der Waals surface area contributed by atoms with E-state index < -0.39 is 23.6 Å². The molecule has 1 rings (SSSR count). The van der Waals surface area contributed by atoms with Crippen molar-refractivity contribution >= 4 is 11.9 Å². The summed E-state index contributed by atoms with van der Waals surface area (Å²) in [4.78, 5) is 21.9. The van der Waals surface area contributed by atoms with Gasteiger partial charge in [0.05, 0.1) is 0 Å². The molecule has 0 aromatic heterocycles. The van der Waals surface area contributed by atoms with Gasteiger partial charge in [-0.1, -0.05) is 6.07 Å². The van der Waals surface area contributed by atoms with Crippen LogP contribution in [0.2, 0.25) is 0 Å². The van der Waals surface area contributed by atoms with E-state index in [1.165, 1.54) is 13.0 Å². The number of amides is 1. The summed E-state index contributed by atoms with van der Waals surface area (Å²) in [6.07, 6.45) is 0.992. The average molecular weight is 271 g/mol. The summed E-state index contributed by atoms with van der Waals surface area (Å²) in [6.45, 7) is 1.37. The molecule has 0 aliphatic rings. The van der Waals surface area contributed by atoms with E-state index in [1.54, 1.807) is 0 Å². The predicted molar refractivity (Wildman–Crippen MR) is 64.5 cm³/mol. The van der Waals surface area contributed by atoms with Crippen molar-refractivity contribution in [1.82, 2.24) is 5.32 Å². The largest absolute Gasteiger partial charge is 0.480 e. The van der Waals surface area contributed by atoms with Crippen molar-refractivity contribution in [2.24, 2.45) is 0 Å². The van der Waals surface area contributed by atoms with Crippen molar-refractivity contribution in [3.63, 3.8) is 0 Å². The van der Waals surface area contributed by atoms with Gasteiger partial charge >= 0.3 is 5.97 Å². The molecule has 0 spiro atoms. The molecule has 0 radical (unpaired) electrons. The molecule has 0 aliphatic heterocycles. The van der Waals surface area contributed by atoms with Gasteiger partial charge < -0.3 is 10.4 Å². The molecule has 19 heavy (non-hydrogen) atoms. The lowest BCUT2D eigenvalue weighted by molar-refractivity contribution is -0.141. The molecule has 0 saturated heterocycles. The Kier molecular flexibility index (Phi) is 5.41. The number of nitrogens with one attached hydrogen (secondary N) is 1. The number of rotatable bonds is 6. The summed E-state index contributed by atoms with van der Waals surface area (Å²) in [6, 6.07) is 2.65. The first-order chi connectivity index (χ1) is 8.90. The van der Waals surface area contributed by atoms with Crippen LogP contribution in [-0.4, -0.2) is 23.0 Å². The second kappa shape index (κ2) is 6.82. The molecule has 0 aliphatic carbocycles. The number of carbonyl (C=O) groups is 2. The smallest absolute Gasteiger partial charge is 0.325 e. The third-order valence-corrected chi connectivity index (χ3v) is 2.60. The molecule has 0 saturated carbocycles. The maximum Gasteiger partial charge on any atom is 0.325 e. The molecule has 104 valence electrons. The van der Waals surface area contributed by atoms with Gasteiger partial charge in [-0.05, 0) is 37.5 Å². The van der Waals surface area contributed by atoms with Gasteiger partial charge in [-0.2, -0.15) is 0 Å². The highest BCUT2D eigenvalue weighted by Crippen LogP contribution is 2.11. The van der Waals surface area contributed by atoms with E-state index in [1.807, 2.05) is 0 Å². The number of aryl methyl sites for hydroxylation is 1. The second-order valence-corrected chi connectivity index (χ2v) is 4.23. The van der Waals surface area contributed by atoms with E-state index in [-0.39, 0.29) is 12.3 Å². The number of hydrogen-bond acceptors (Lipinski definition) is 2. The number of carboxylic acid groups (broad SMARTS) is 1. The Labute approximate surface area is 109 Å². The van der Waals surface area contributed by atoms with Gasteiger partial charge in [-0.25, -0.2) is 8.78 Å². The third kappa shape index (κ3) is 5.03. The van der Waals surface area contributed by atoms with E-state index in [0.717, 1.165) is 12.1 Å². The highest BCUT2D eigenvalue weighted by Gasteiger charge is 2.13. The summed E-state index contributed by atoms with van der Waals surface area (Å²) >= 11 is 0. The van der Waals surface area contributed by atoms with Crippen molar-refractivity contribution in [3.05, 3.63) is 35.4 Å². The van der Waals surface area contributed by atoms with Crippen LogP contribution in [0.15, 0.2) is 18.2 Å². The number of hydrogen-bond donors (Lipinski definition) is 2. The van der Waals surface area contributed by atoms with E-state index in [0.29, 0.717) is 18.4 Å². The fraction of sp³-hybridized carbons (Fsp3) is 0.385. The lowest BCUT2D eigenvalue weighted by atomic mass is 10.1. The monoisotopic (exact) mass is 271 g/mol. The molecular formula is C13H15F2NO3. The Morgan fingerprint density at radius 3 is 2.58 bits per heavy atom. The van der Waals surface area contributed by atoms with Crippen molar-refractivity contribution in [2.45, 2.75) is 32.2 Å². The zero-order valence-corrected chi connectivity index (χ0v) is 10.5. The Morgan fingerprint density at radius 2 is 2.00 bits per heavy atom. The summed E-state index contributed by atoms with van der Waals surface area (Å²) in [7, 11) is 0. The van der Waals surface area contributed by atoms with Crippen LogP contribution in [0.4, 0.5) is 8.78 Å². The van der Waals surface area contributed by atoms with Crippen LogP contribution in [0.5, 0.6) is 0 Å². The van der Waals surface area contributed by atoms with Crippen LogP contribution in [-0.2, 0) is 16.0 Å². The minimum Gasteiger partial charge on any atom is -0.480 e. The Bertz CT molecular complexity index is 477. The van der Waals surface area contributed by atoms with E-state index in [2.05, 4.69) is 5.32 Å². The highest BCUT2D eigenvalue weighted by molar-refractivity contribution is 5.83. The van der Waals surface area contributed by atoms with Gasteiger partial charge in [-0.15, -0.1) is 0 Å². The Balaban J connectivity index is 2.35. The molecule has 0 bridgehead atoms. The predicted octanol–water partition coefficient (Wildman–Crippen LogP) is 1.88. The molecule has 1 amide bonds. The van der Waals surface area contributed by atoms with E-state index >= 15 is 0 Å². The molecular weight excluding hydrogens is 256 g/mol. The molecule has 1 atom stereocenters. The lowest BCUT2D eigenvalue weighted by Crippen LogP contribution is -2.38. The zero-order chi connectivity index (χ0) is 14.4. The molecule has 6 heteroatoms. The second-order valence-electron chi connectivity index (χ2n) is 4.23. The van der Waals surface area contributed by atoms with Crippen molar-refractivity contribution in [2.75, 3.05) is 0 Å². The van der Waals surface area contributed by atoms with E-state index in [4.69, 9.17) is 5.11 Å². The molecule has 1 aromatic carbocycles. The topological polar surface area (TPSA) is 66.4 Å². The molecule has 0 fully saturated rings. The number of halogens is 2.